The number of para-hydroxylation sites is 2. The summed E-state index contributed by atoms with van der Waals surface area (Å²) in [6.07, 6.45) is 0.174. The van der Waals surface area contributed by atoms with Crippen LogP contribution in [0.25, 0.3) is 0 Å². The second-order valence-electron chi connectivity index (χ2n) is 6.31. The highest BCUT2D eigenvalue weighted by Gasteiger charge is 2.18. The number of nitriles is 1. The minimum Gasteiger partial charge on any atom is -0.457 e. The average molecular weight is 400 g/mol. The molecule has 3 aromatic carbocycles. The van der Waals surface area contributed by atoms with Gasteiger partial charge in [-0.3, -0.25) is 4.79 Å². The Morgan fingerprint density at radius 2 is 1.53 bits per heavy atom. The predicted octanol–water partition coefficient (Wildman–Crippen LogP) is 4.58. The number of carbonyl (C=O) groups is 2. The summed E-state index contributed by atoms with van der Waals surface area (Å²) in [5.74, 6) is 0.104. The highest BCUT2D eigenvalue weighted by molar-refractivity contribution is 5.97. The Balaban J connectivity index is 1.63. The number of hydrogen-bond donors (Lipinski definition) is 0. The molecule has 0 saturated carbocycles. The van der Waals surface area contributed by atoms with E-state index in [4.69, 9.17) is 14.7 Å². The average Bonchev–Trinajstić information content (AvgIpc) is 2.79. The molecule has 3 rings (SSSR count). The fourth-order valence-electron chi connectivity index (χ4n) is 2.77. The lowest BCUT2D eigenvalue weighted by Crippen LogP contribution is -2.35. The second kappa shape index (κ2) is 10.4. The van der Waals surface area contributed by atoms with Gasteiger partial charge in [0.15, 0.2) is 6.61 Å². The molecule has 1 amide bonds. The van der Waals surface area contributed by atoms with Gasteiger partial charge in [-0.15, -0.1) is 0 Å². The maximum atomic E-state index is 12.6. The van der Waals surface area contributed by atoms with E-state index in [0.717, 1.165) is 0 Å². The predicted molar refractivity (Wildman–Crippen MR) is 112 cm³/mol. The molecule has 0 spiro atoms. The van der Waals surface area contributed by atoms with Crippen molar-refractivity contribution in [1.29, 1.82) is 5.26 Å². The summed E-state index contributed by atoms with van der Waals surface area (Å²) in [5, 5.41) is 8.86. The SMILES string of the molecule is N#CCCN(C(=O)COC(=O)c1cccc(Oc2ccccc2)c1)c1ccccc1. The zero-order valence-electron chi connectivity index (χ0n) is 16.2. The van der Waals surface area contributed by atoms with Crippen LogP contribution >= 0.6 is 0 Å². The number of nitrogens with zero attached hydrogens (tertiary/aromatic N) is 2. The van der Waals surface area contributed by atoms with Crippen molar-refractivity contribution in [2.75, 3.05) is 18.1 Å². The third kappa shape index (κ3) is 5.69. The molecule has 0 fully saturated rings. The minimum absolute atomic E-state index is 0.174. The molecule has 0 aliphatic rings. The Morgan fingerprint density at radius 3 is 2.23 bits per heavy atom. The van der Waals surface area contributed by atoms with Crippen LogP contribution in [-0.4, -0.2) is 25.0 Å². The monoisotopic (exact) mass is 400 g/mol. The van der Waals surface area contributed by atoms with Crippen molar-refractivity contribution in [2.45, 2.75) is 6.42 Å². The lowest BCUT2D eigenvalue weighted by molar-refractivity contribution is -0.121. The van der Waals surface area contributed by atoms with E-state index in [1.807, 2.05) is 42.5 Å². The van der Waals surface area contributed by atoms with E-state index in [1.165, 1.54) is 4.90 Å². The molecule has 150 valence electrons. The number of benzene rings is 3. The zero-order chi connectivity index (χ0) is 21.2. The summed E-state index contributed by atoms with van der Waals surface area (Å²) in [6.45, 7) is -0.208. The van der Waals surface area contributed by atoms with Gasteiger partial charge in [-0.2, -0.15) is 5.26 Å². The van der Waals surface area contributed by atoms with Gasteiger partial charge in [-0.1, -0.05) is 42.5 Å². The van der Waals surface area contributed by atoms with Crippen molar-refractivity contribution in [3.05, 3.63) is 90.5 Å². The van der Waals surface area contributed by atoms with Crippen LogP contribution in [0, 0.1) is 11.3 Å². The number of anilines is 1. The topological polar surface area (TPSA) is 79.6 Å². The molecule has 0 atom stereocenters. The van der Waals surface area contributed by atoms with E-state index in [1.54, 1.807) is 48.5 Å². The van der Waals surface area contributed by atoms with Crippen LogP contribution < -0.4 is 9.64 Å². The molecular weight excluding hydrogens is 380 g/mol. The summed E-state index contributed by atoms with van der Waals surface area (Å²) in [4.78, 5) is 26.5. The van der Waals surface area contributed by atoms with Gasteiger partial charge in [0.2, 0.25) is 0 Å². The first-order valence-electron chi connectivity index (χ1n) is 9.40. The Kier molecular flexibility index (Phi) is 7.17. The van der Waals surface area contributed by atoms with Crippen molar-refractivity contribution in [2.24, 2.45) is 0 Å². The standard InChI is InChI=1S/C24H20N2O4/c25-15-8-16-26(20-10-3-1-4-11-20)23(27)18-29-24(28)19-9-7-14-22(17-19)30-21-12-5-2-6-13-21/h1-7,9-14,17H,8,16,18H2. The molecule has 0 bridgehead atoms. The van der Waals surface area contributed by atoms with Crippen LogP contribution in [0.3, 0.4) is 0 Å². The Hall–Kier alpha value is -4.11. The van der Waals surface area contributed by atoms with E-state index in [0.29, 0.717) is 17.2 Å². The molecule has 0 aliphatic heterocycles. The Labute approximate surface area is 174 Å². The number of carbonyl (C=O) groups excluding carboxylic acids is 2. The first-order valence-corrected chi connectivity index (χ1v) is 9.40. The van der Waals surface area contributed by atoms with E-state index >= 15 is 0 Å². The second-order valence-corrected chi connectivity index (χ2v) is 6.31. The van der Waals surface area contributed by atoms with Crippen LogP contribution in [0.4, 0.5) is 5.69 Å². The van der Waals surface area contributed by atoms with Crippen molar-refractivity contribution in [3.63, 3.8) is 0 Å². The van der Waals surface area contributed by atoms with Crippen molar-refractivity contribution >= 4 is 17.6 Å². The lowest BCUT2D eigenvalue weighted by Gasteiger charge is -2.21. The van der Waals surface area contributed by atoms with Gasteiger partial charge in [0, 0.05) is 12.2 Å². The van der Waals surface area contributed by atoms with Gasteiger partial charge in [-0.05, 0) is 42.5 Å². The van der Waals surface area contributed by atoms with Crippen LogP contribution in [-0.2, 0) is 9.53 Å². The number of rotatable bonds is 8. The largest absolute Gasteiger partial charge is 0.457 e. The number of ether oxygens (including phenoxy) is 2. The van der Waals surface area contributed by atoms with Crippen molar-refractivity contribution in [3.8, 4) is 17.6 Å². The Morgan fingerprint density at radius 1 is 0.867 bits per heavy atom. The molecule has 6 nitrogen and oxygen atoms in total. The summed E-state index contributed by atoms with van der Waals surface area (Å²) in [6, 6.07) is 26.7. The van der Waals surface area contributed by atoms with E-state index in [9.17, 15) is 9.59 Å². The maximum Gasteiger partial charge on any atom is 0.338 e. The summed E-state index contributed by atoms with van der Waals surface area (Å²) in [7, 11) is 0. The van der Waals surface area contributed by atoms with Crippen LogP contribution in [0.15, 0.2) is 84.9 Å². The van der Waals surface area contributed by atoms with Gasteiger partial charge in [0.1, 0.15) is 11.5 Å². The summed E-state index contributed by atoms with van der Waals surface area (Å²) >= 11 is 0. The fraction of sp³-hybridized carbons (Fsp3) is 0.125. The first-order chi connectivity index (χ1) is 14.7. The number of esters is 1. The molecule has 0 radical (unpaired) electrons. The lowest BCUT2D eigenvalue weighted by atomic mass is 10.2. The first kappa shape index (κ1) is 20.6. The summed E-state index contributed by atoms with van der Waals surface area (Å²) < 4.78 is 10.9. The van der Waals surface area contributed by atoms with Crippen LogP contribution in [0.2, 0.25) is 0 Å². The third-order valence-electron chi connectivity index (χ3n) is 4.19. The third-order valence-corrected chi connectivity index (χ3v) is 4.19. The molecule has 0 N–H and O–H groups in total. The number of hydrogen-bond acceptors (Lipinski definition) is 5. The summed E-state index contributed by atoms with van der Waals surface area (Å²) in [5.41, 5.74) is 0.923. The highest BCUT2D eigenvalue weighted by atomic mass is 16.5. The minimum atomic E-state index is -0.629. The quantitative estimate of drug-likeness (QED) is 0.517. The molecular formula is C24H20N2O4. The van der Waals surface area contributed by atoms with Crippen molar-refractivity contribution in [1.82, 2.24) is 0 Å². The molecule has 0 aromatic heterocycles. The van der Waals surface area contributed by atoms with Crippen molar-refractivity contribution < 1.29 is 19.1 Å². The fourth-order valence-corrected chi connectivity index (χ4v) is 2.77. The smallest absolute Gasteiger partial charge is 0.338 e. The number of amides is 1. The normalized spacial score (nSPS) is 9.97. The highest BCUT2D eigenvalue weighted by Crippen LogP contribution is 2.22. The van der Waals surface area contributed by atoms with Crippen LogP contribution in [0.5, 0.6) is 11.5 Å². The van der Waals surface area contributed by atoms with E-state index in [-0.39, 0.29) is 18.5 Å². The molecule has 0 aliphatic carbocycles. The van der Waals surface area contributed by atoms with Crippen LogP contribution in [0.1, 0.15) is 16.8 Å². The molecule has 3 aromatic rings. The van der Waals surface area contributed by atoms with Gasteiger partial charge in [0.05, 0.1) is 18.1 Å². The Bertz CT molecular complexity index is 1030. The molecule has 0 heterocycles. The van der Waals surface area contributed by atoms with Gasteiger partial charge in [-0.25, -0.2) is 4.79 Å². The molecule has 0 unspecified atom stereocenters. The van der Waals surface area contributed by atoms with E-state index < -0.39 is 18.5 Å². The van der Waals surface area contributed by atoms with E-state index in [2.05, 4.69) is 0 Å². The van der Waals surface area contributed by atoms with Gasteiger partial charge < -0.3 is 14.4 Å². The molecule has 30 heavy (non-hydrogen) atoms. The maximum absolute atomic E-state index is 12.6. The molecule has 0 saturated heterocycles. The zero-order valence-corrected chi connectivity index (χ0v) is 16.2. The molecule has 6 heteroatoms. The van der Waals surface area contributed by atoms with Gasteiger partial charge in [0.25, 0.3) is 5.91 Å². The van der Waals surface area contributed by atoms with Gasteiger partial charge >= 0.3 is 5.97 Å².